The minimum Gasteiger partial charge on any atom is -0.399 e. The summed E-state index contributed by atoms with van der Waals surface area (Å²) >= 11 is 0. The fraction of sp³-hybridized carbons (Fsp3) is 0.417. The lowest BCUT2D eigenvalue weighted by atomic mass is 10.1. The van der Waals surface area contributed by atoms with Crippen molar-refractivity contribution in [3.8, 4) is 0 Å². The molecule has 2 rings (SSSR count). The van der Waals surface area contributed by atoms with Crippen molar-refractivity contribution in [1.82, 2.24) is 9.21 Å². The van der Waals surface area contributed by atoms with Crippen molar-refractivity contribution in [1.29, 1.82) is 0 Å². The Kier molecular flexibility index (Phi) is 3.98. The fourth-order valence-corrected chi connectivity index (χ4v) is 2.92. The van der Waals surface area contributed by atoms with Crippen LogP contribution in [0.15, 0.2) is 18.2 Å². The number of aryl methyl sites for hydroxylation is 1. The molecule has 1 amide bonds. The van der Waals surface area contributed by atoms with Crippen molar-refractivity contribution >= 4 is 21.8 Å². The number of nitrogens with two attached hydrogens (primary N) is 2. The highest BCUT2D eigenvalue weighted by atomic mass is 32.2. The maximum absolute atomic E-state index is 12.4. The second kappa shape index (κ2) is 5.39. The zero-order chi connectivity index (χ0) is 14.9. The minimum atomic E-state index is -3.67. The summed E-state index contributed by atoms with van der Waals surface area (Å²) in [4.78, 5) is 14.0. The van der Waals surface area contributed by atoms with E-state index in [-0.39, 0.29) is 19.0 Å². The van der Waals surface area contributed by atoms with E-state index in [2.05, 4.69) is 0 Å². The topological polar surface area (TPSA) is 110 Å². The lowest BCUT2D eigenvalue weighted by molar-refractivity contribution is 0.0697. The number of anilines is 1. The Morgan fingerprint density at radius 3 is 2.30 bits per heavy atom. The van der Waals surface area contributed by atoms with Crippen LogP contribution in [0.4, 0.5) is 5.69 Å². The smallest absolute Gasteiger partial charge is 0.277 e. The fourth-order valence-electron chi connectivity index (χ4n) is 2.24. The van der Waals surface area contributed by atoms with Gasteiger partial charge in [-0.15, -0.1) is 0 Å². The zero-order valence-electron chi connectivity index (χ0n) is 11.2. The number of carbonyl (C=O) groups is 1. The number of hydrogen-bond acceptors (Lipinski definition) is 4. The molecule has 1 aliphatic heterocycles. The van der Waals surface area contributed by atoms with Crippen LogP contribution in [0.3, 0.4) is 0 Å². The zero-order valence-corrected chi connectivity index (χ0v) is 12.1. The summed E-state index contributed by atoms with van der Waals surface area (Å²) in [5, 5.41) is 5.06. The first-order chi connectivity index (χ1) is 9.29. The molecular formula is C12H18N4O3S. The van der Waals surface area contributed by atoms with Gasteiger partial charge in [0.25, 0.3) is 16.1 Å². The van der Waals surface area contributed by atoms with Crippen LogP contribution in [0, 0.1) is 6.92 Å². The Bertz CT molecular complexity index is 622. The van der Waals surface area contributed by atoms with E-state index in [4.69, 9.17) is 10.9 Å². The lowest BCUT2D eigenvalue weighted by Gasteiger charge is -2.33. The van der Waals surface area contributed by atoms with Gasteiger partial charge in [-0.3, -0.25) is 4.79 Å². The lowest BCUT2D eigenvalue weighted by Crippen LogP contribution is -2.52. The molecule has 1 aromatic carbocycles. The van der Waals surface area contributed by atoms with Gasteiger partial charge in [0, 0.05) is 37.4 Å². The molecule has 0 spiro atoms. The van der Waals surface area contributed by atoms with Crippen LogP contribution < -0.4 is 10.9 Å². The molecule has 1 heterocycles. The third-order valence-electron chi connectivity index (χ3n) is 3.37. The Morgan fingerprint density at radius 1 is 1.20 bits per heavy atom. The van der Waals surface area contributed by atoms with Gasteiger partial charge in [0.2, 0.25) is 0 Å². The molecule has 1 fully saturated rings. The average molecular weight is 298 g/mol. The number of hydrogen-bond donors (Lipinski definition) is 2. The molecule has 0 bridgehead atoms. The summed E-state index contributed by atoms with van der Waals surface area (Å²) in [5.74, 6) is -0.114. The molecule has 4 N–H and O–H groups in total. The Morgan fingerprint density at radius 2 is 1.80 bits per heavy atom. The van der Waals surface area contributed by atoms with Gasteiger partial charge in [0.05, 0.1) is 0 Å². The third kappa shape index (κ3) is 3.09. The van der Waals surface area contributed by atoms with Gasteiger partial charge in [-0.05, 0) is 30.7 Å². The summed E-state index contributed by atoms with van der Waals surface area (Å²) in [7, 11) is -3.67. The van der Waals surface area contributed by atoms with Crippen LogP contribution >= 0.6 is 0 Å². The SMILES string of the molecule is Cc1cc(N)ccc1C(=O)N1CCN(S(N)(=O)=O)CC1. The Hall–Kier alpha value is -1.64. The summed E-state index contributed by atoms with van der Waals surface area (Å²) < 4.78 is 23.6. The quantitative estimate of drug-likeness (QED) is 0.720. The van der Waals surface area contributed by atoms with Crippen LogP contribution in [0.2, 0.25) is 0 Å². The Balaban J connectivity index is 2.09. The maximum Gasteiger partial charge on any atom is 0.277 e. The van der Waals surface area contributed by atoms with E-state index >= 15 is 0 Å². The van der Waals surface area contributed by atoms with Crippen LogP contribution in [0.25, 0.3) is 0 Å². The monoisotopic (exact) mass is 298 g/mol. The number of nitrogens with zero attached hydrogens (tertiary/aromatic N) is 2. The first-order valence-corrected chi connectivity index (χ1v) is 7.72. The van der Waals surface area contributed by atoms with Crippen molar-refractivity contribution in [3.05, 3.63) is 29.3 Å². The molecular weight excluding hydrogens is 280 g/mol. The molecule has 0 aromatic heterocycles. The predicted molar refractivity (Wildman–Crippen MR) is 76.2 cm³/mol. The number of rotatable bonds is 2. The summed E-state index contributed by atoms with van der Waals surface area (Å²) in [6, 6.07) is 5.12. The highest BCUT2D eigenvalue weighted by molar-refractivity contribution is 7.86. The first kappa shape index (κ1) is 14.8. The highest BCUT2D eigenvalue weighted by Crippen LogP contribution is 2.16. The molecule has 0 unspecified atom stereocenters. The van der Waals surface area contributed by atoms with Crippen LogP contribution in [0.5, 0.6) is 0 Å². The molecule has 20 heavy (non-hydrogen) atoms. The highest BCUT2D eigenvalue weighted by Gasteiger charge is 2.27. The van der Waals surface area contributed by atoms with E-state index in [9.17, 15) is 13.2 Å². The third-order valence-corrected chi connectivity index (χ3v) is 4.45. The summed E-state index contributed by atoms with van der Waals surface area (Å²) in [6.45, 7) is 2.93. The molecule has 1 saturated heterocycles. The second-order valence-electron chi connectivity index (χ2n) is 4.81. The maximum atomic E-state index is 12.4. The van der Waals surface area contributed by atoms with E-state index in [0.717, 1.165) is 5.56 Å². The van der Waals surface area contributed by atoms with E-state index in [1.807, 2.05) is 6.92 Å². The molecule has 0 radical (unpaired) electrons. The number of nitrogen functional groups attached to an aromatic ring is 1. The molecule has 7 nitrogen and oxygen atoms in total. The van der Waals surface area contributed by atoms with Crippen molar-refractivity contribution < 1.29 is 13.2 Å². The van der Waals surface area contributed by atoms with Crippen LogP contribution in [-0.4, -0.2) is 49.7 Å². The predicted octanol–water partition coefficient (Wildman–Crippen LogP) is -0.461. The van der Waals surface area contributed by atoms with Gasteiger partial charge in [-0.2, -0.15) is 12.7 Å². The molecule has 0 aliphatic carbocycles. The Labute approximate surface area is 118 Å². The van der Waals surface area contributed by atoms with Crippen molar-refractivity contribution in [2.75, 3.05) is 31.9 Å². The van der Waals surface area contributed by atoms with Gasteiger partial charge in [-0.25, -0.2) is 5.14 Å². The molecule has 1 aromatic rings. The number of carbonyl (C=O) groups excluding carboxylic acids is 1. The number of amides is 1. The first-order valence-electron chi connectivity index (χ1n) is 6.22. The van der Waals surface area contributed by atoms with Gasteiger partial charge in [0.15, 0.2) is 0 Å². The van der Waals surface area contributed by atoms with Gasteiger partial charge in [0.1, 0.15) is 0 Å². The standard InChI is InChI=1S/C12H18N4O3S/c1-9-8-10(13)2-3-11(9)12(17)15-4-6-16(7-5-15)20(14,18)19/h2-3,8H,4-7,13H2,1H3,(H2,14,18,19). The molecule has 1 aliphatic rings. The van der Waals surface area contributed by atoms with Gasteiger partial charge >= 0.3 is 0 Å². The largest absolute Gasteiger partial charge is 0.399 e. The molecule has 0 atom stereocenters. The summed E-state index contributed by atoms with van der Waals surface area (Å²) in [6.07, 6.45) is 0. The molecule has 110 valence electrons. The van der Waals surface area contributed by atoms with Crippen molar-refractivity contribution in [2.24, 2.45) is 5.14 Å². The van der Waals surface area contributed by atoms with Crippen LogP contribution in [0.1, 0.15) is 15.9 Å². The van der Waals surface area contributed by atoms with E-state index < -0.39 is 10.2 Å². The van der Waals surface area contributed by atoms with Gasteiger partial charge in [-0.1, -0.05) is 0 Å². The second-order valence-corrected chi connectivity index (χ2v) is 6.36. The van der Waals surface area contributed by atoms with Crippen molar-refractivity contribution in [2.45, 2.75) is 6.92 Å². The van der Waals surface area contributed by atoms with E-state index in [1.54, 1.807) is 23.1 Å². The number of piperazine rings is 1. The molecule has 0 saturated carbocycles. The normalized spacial score (nSPS) is 17.2. The van der Waals surface area contributed by atoms with Crippen LogP contribution in [-0.2, 0) is 10.2 Å². The van der Waals surface area contributed by atoms with Crippen molar-refractivity contribution in [3.63, 3.8) is 0 Å². The number of benzene rings is 1. The summed E-state index contributed by atoms with van der Waals surface area (Å²) in [5.41, 5.74) is 7.66. The van der Waals surface area contributed by atoms with E-state index in [0.29, 0.717) is 24.3 Å². The average Bonchev–Trinajstić information content (AvgIpc) is 2.37. The van der Waals surface area contributed by atoms with Gasteiger partial charge < -0.3 is 10.6 Å². The van der Waals surface area contributed by atoms with E-state index in [1.165, 1.54) is 4.31 Å². The minimum absolute atomic E-state index is 0.114. The molecule has 8 heteroatoms.